The molecule has 1 aromatic rings. The van der Waals surface area contributed by atoms with Crippen LogP contribution in [0.5, 0.6) is 5.75 Å². The lowest BCUT2D eigenvalue weighted by Crippen LogP contribution is -2.11. The van der Waals surface area contributed by atoms with Crippen molar-refractivity contribution in [3.63, 3.8) is 0 Å². The van der Waals surface area contributed by atoms with Gasteiger partial charge in [0.05, 0.1) is 12.6 Å². The Hall–Kier alpha value is -1.52. The normalized spacial score (nSPS) is 10.9. The summed E-state index contributed by atoms with van der Waals surface area (Å²) < 4.78 is 29.4. The quantitative estimate of drug-likeness (QED) is 0.764. The molecule has 0 bridgehead atoms. The van der Waals surface area contributed by atoms with Crippen LogP contribution < -0.4 is 15.8 Å². The van der Waals surface area contributed by atoms with E-state index in [1.54, 1.807) is 18.2 Å². The molecule has 16 heavy (non-hydrogen) atoms. The van der Waals surface area contributed by atoms with Crippen LogP contribution in [0, 0.1) is 0 Å². The summed E-state index contributed by atoms with van der Waals surface area (Å²) in [5, 5.41) is 2.59. The van der Waals surface area contributed by atoms with Crippen LogP contribution in [0.4, 0.5) is 20.2 Å². The molecule has 90 valence electrons. The van der Waals surface area contributed by atoms with Crippen LogP contribution in [0.2, 0.25) is 0 Å². The number of rotatable bonds is 5. The first-order valence-electron chi connectivity index (χ1n) is 5.06. The first-order chi connectivity index (χ1) is 7.47. The maximum atomic E-state index is 12.0. The second-order valence-corrected chi connectivity index (χ2v) is 3.73. The fraction of sp³-hybridized carbons (Fsp3) is 0.455. The summed E-state index contributed by atoms with van der Waals surface area (Å²) in [6.45, 7) is 3.37. The van der Waals surface area contributed by atoms with E-state index >= 15 is 0 Å². The second kappa shape index (κ2) is 5.53. The van der Waals surface area contributed by atoms with Gasteiger partial charge in [-0.05, 0) is 19.9 Å². The number of anilines is 2. The molecule has 0 saturated heterocycles. The smallest absolute Gasteiger partial charge is 0.255 e. The van der Waals surface area contributed by atoms with E-state index < -0.39 is 13.0 Å². The first kappa shape index (κ1) is 12.5. The SMILES string of the molecule is CC(C)Oc1cc(N)cc(NCC(F)F)c1. The van der Waals surface area contributed by atoms with Crippen molar-refractivity contribution in [1.82, 2.24) is 0 Å². The van der Waals surface area contributed by atoms with Gasteiger partial charge in [-0.15, -0.1) is 0 Å². The van der Waals surface area contributed by atoms with E-state index in [0.717, 1.165) is 0 Å². The van der Waals surface area contributed by atoms with Gasteiger partial charge in [0.15, 0.2) is 0 Å². The van der Waals surface area contributed by atoms with Crippen LogP contribution in [-0.2, 0) is 0 Å². The highest BCUT2D eigenvalue weighted by atomic mass is 19.3. The third-order valence-corrected chi connectivity index (χ3v) is 1.76. The number of hydrogen-bond donors (Lipinski definition) is 2. The molecule has 0 heterocycles. The van der Waals surface area contributed by atoms with Crippen LogP contribution in [0.25, 0.3) is 0 Å². The molecule has 0 saturated carbocycles. The number of alkyl halides is 2. The Balaban J connectivity index is 2.73. The lowest BCUT2D eigenvalue weighted by molar-refractivity contribution is 0.163. The number of nitrogen functional groups attached to an aromatic ring is 1. The van der Waals surface area contributed by atoms with Crippen molar-refractivity contribution in [2.24, 2.45) is 0 Å². The lowest BCUT2D eigenvalue weighted by Gasteiger charge is -2.13. The third kappa shape index (κ3) is 4.33. The Bertz CT molecular complexity index is 343. The maximum Gasteiger partial charge on any atom is 0.255 e. The van der Waals surface area contributed by atoms with Crippen molar-refractivity contribution in [2.45, 2.75) is 26.4 Å². The number of hydrogen-bond acceptors (Lipinski definition) is 3. The highest BCUT2D eigenvalue weighted by Gasteiger charge is 2.05. The number of ether oxygens (including phenoxy) is 1. The highest BCUT2D eigenvalue weighted by Crippen LogP contribution is 2.23. The molecule has 0 amide bonds. The molecule has 0 spiro atoms. The first-order valence-corrected chi connectivity index (χ1v) is 5.06. The molecule has 0 atom stereocenters. The monoisotopic (exact) mass is 230 g/mol. The number of benzene rings is 1. The van der Waals surface area contributed by atoms with Gasteiger partial charge < -0.3 is 15.8 Å². The summed E-state index contributed by atoms with van der Waals surface area (Å²) in [6.07, 6.45) is -2.37. The zero-order valence-electron chi connectivity index (χ0n) is 9.34. The Morgan fingerprint density at radius 3 is 2.56 bits per heavy atom. The van der Waals surface area contributed by atoms with E-state index in [4.69, 9.17) is 10.5 Å². The highest BCUT2D eigenvalue weighted by molar-refractivity contribution is 5.59. The van der Waals surface area contributed by atoms with Gasteiger partial charge in [-0.1, -0.05) is 0 Å². The van der Waals surface area contributed by atoms with Crippen molar-refractivity contribution < 1.29 is 13.5 Å². The molecule has 0 radical (unpaired) electrons. The van der Waals surface area contributed by atoms with Crippen LogP contribution in [0.1, 0.15) is 13.8 Å². The van der Waals surface area contributed by atoms with Gasteiger partial charge in [-0.2, -0.15) is 0 Å². The van der Waals surface area contributed by atoms with Crippen molar-refractivity contribution in [1.29, 1.82) is 0 Å². The summed E-state index contributed by atoms with van der Waals surface area (Å²) in [5.74, 6) is 0.576. The molecular formula is C11H16F2N2O. The number of nitrogens with two attached hydrogens (primary N) is 1. The van der Waals surface area contributed by atoms with Gasteiger partial charge in [0.25, 0.3) is 6.43 Å². The van der Waals surface area contributed by atoms with Crippen LogP contribution in [0.3, 0.4) is 0 Å². The predicted octanol–water partition coefficient (Wildman–Crippen LogP) is 2.73. The minimum absolute atomic E-state index is 0.0183. The maximum absolute atomic E-state index is 12.0. The second-order valence-electron chi connectivity index (χ2n) is 3.73. The van der Waals surface area contributed by atoms with Crippen molar-refractivity contribution in [2.75, 3.05) is 17.6 Å². The summed E-state index contributed by atoms with van der Waals surface area (Å²) >= 11 is 0. The Morgan fingerprint density at radius 2 is 2.00 bits per heavy atom. The van der Waals surface area contributed by atoms with Crippen molar-refractivity contribution in [3.8, 4) is 5.75 Å². The molecule has 0 unspecified atom stereocenters. The predicted molar refractivity (Wildman–Crippen MR) is 61.1 cm³/mol. The largest absolute Gasteiger partial charge is 0.491 e. The molecule has 0 aliphatic carbocycles. The standard InChI is InChI=1S/C11H16F2N2O/c1-7(2)16-10-4-8(14)3-9(5-10)15-6-11(12)13/h3-5,7,11,15H,6,14H2,1-2H3. The van der Waals surface area contributed by atoms with Gasteiger partial charge >= 0.3 is 0 Å². The topological polar surface area (TPSA) is 47.3 Å². The summed E-state index contributed by atoms with van der Waals surface area (Å²) in [6, 6.07) is 4.90. The number of nitrogens with one attached hydrogen (secondary N) is 1. The van der Waals surface area contributed by atoms with E-state index in [-0.39, 0.29) is 6.10 Å². The summed E-state index contributed by atoms with van der Waals surface area (Å²) in [4.78, 5) is 0. The molecule has 1 aromatic carbocycles. The summed E-state index contributed by atoms with van der Waals surface area (Å²) in [5.41, 5.74) is 6.65. The fourth-order valence-corrected chi connectivity index (χ4v) is 1.26. The molecule has 0 aliphatic heterocycles. The van der Waals surface area contributed by atoms with Gasteiger partial charge in [0, 0.05) is 23.5 Å². The minimum atomic E-state index is -2.39. The Kier molecular flexibility index (Phi) is 4.34. The van der Waals surface area contributed by atoms with Gasteiger partial charge in [-0.25, -0.2) is 8.78 Å². The lowest BCUT2D eigenvalue weighted by atomic mass is 10.2. The van der Waals surface area contributed by atoms with Crippen LogP contribution in [-0.4, -0.2) is 19.1 Å². The average Bonchev–Trinajstić information content (AvgIpc) is 2.12. The van der Waals surface area contributed by atoms with Gasteiger partial charge in [0.2, 0.25) is 0 Å². The minimum Gasteiger partial charge on any atom is -0.491 e. The molecule has 0 fully saturated rings. The van der Waals surface area contributed by atoms with Crippen molar-refractivity contribution in [3.05, 3.63) is 18.2 Å². The molecular weight excluding hydrogens is 214 g/mol. The third-order valence-electron chi connectivity index (χ3n) is 1.76. The van der Waals surface area contributed by atoms with Gasteiger partial charge in [0.1, 0.15) is 5.75 Å². The molecule has 3 N–H and O–H groups in total. The average molecular weight is 230 g/mol. The fourth-order valence-electron chi connectivity index (χ4n) is 1.26. The molecule has 1 rings (SSSR count). The molecule has 0 aromatic heterocycles. The zero-order chi connectivity index (χ0) is 12.1. The number of halogens is 2. The van der Waals surface area contributed by atoms with E-state index in [1.807, 2.05) is 13.8 Å². The summed E-state index contributed by atoms with van der Waals surface area (Å²) in [7, 11) is 0. The van der Waals surface area contributed by atoms with Crippen LogP contribution >= 0.6 is 0 Å². The van der Waals surface area contributed by atoms with E-state index in [9.17, 15) is 8.78 Å². The molecule has 0 aliphatic rings. The molecule has 3 nitrogen and oxygen atoms in total. The van der Waals surface area contributed by atoms with E-state index in [1.165, 1.54) is 0 Å². The van der Waals surface area contributed by atoms with E-state index in [0.29, 0.717) is 17.1 Å². The van der Waals surface area contributed by atoms with E-state index in [2.05, 4.69) is 5.32 Å². The van der Waals surface area contributed by atoms with Gasteiger partial charge in [-0.3, -0.25) is 0 Å². The Morgan fingerprint density at radius 1 is 1.31 bits per heavy atom. The molecule has 5 heteroatoms. The zero-order valence-corrected chi connectivity index (χ0v) is 9.34. The van der Waals surface area contributed by atoms with Crippen LogP contribution in [0.15, 0.2) is 18.2 Å². The van der Waals surface area contributed by atoms with Crippen molar-refractivity contribution >= 4 is 11.4 Å². The Labute approximate surface area is 93.6 Å².